The van der Waals surface area contributed by atoms with Crippen LogP contribution in [0, 0.1) is 0 Å². The second kappa shape index (κ2) is 5.15. The van der Waals surface area contributed by atoms with Crippen molar-refractivity contribution in [3.63, 3.8) is 0 Å². The summed E-state index contributed by atoms with van der Waals surface area (Å²) in [5.74, 6) is 0.152. The SMILES string of the molecule is CCC(=O)c1cccc(-c2ccccc2Cl)c1. The maximum atomic E-state index is 11.6. The Morgan fingerprint density at radius 2 is 1.88 bits per heavy atom. The summed E-state index contributed by atoms with van der Waals surface area (Å²) in [6, 6.07) is 15.2. The molecule has 0 spiro atoms. The number of hydrogen-bond donors (Lipinski definition) is 0. The van der Waals surface area contributed by atoms with Gasteiger partial charge in [0.05, 0.1) is 0 Å². The highest BCUT2D eigenvalue weighted by Gasteiger charge is 2.06. The Morgan fingerprint density at radius 1 is 1.12 bits per heavy atom. The van der Waals surface area contributed by atoms with Gasteiger partial charge in [-0.1, -0.05) is 54.9 Å². The number of carbonyl (C=O) groups excluding carboxylic acids is 1. The minimum absolute atomic E-state index is 0.152. The lowest BCUT2D eigenvalue weighted by molar-refractivity contribution is 0.0988. The van der Waals surface area contributed by atoms with Crippen LogP contribution in [-0.4, -0.2) is 5.78 Å². The fourth-order valence-corrected chi connectivity index (χ4v) is 2.00. The first-order valence-corrected chi connectivity index (χ1v) is 5.98. The van der Waals surface area contributed by atoms with Crippen LogP contribution in [0.15, 0.2) is 48.5 Å². The molecule has 0 saturated carbocycles. The molecule has 2 rings (SSSR count). The Balaban J connectivity index is 2.47. The minimum Gasteiger partial charge on any atom is -0.294 e. The molecule has 17 heavy (non-hydrogen) atoms. The molecule has 86 valence electrons. The van der Waals surface area contributed by atoms with Crippen molar-refractivity contribution in [1.29, 1.82) is 0 Å². The number of hydrogen-bond acceptors (Lipinski definition) is 1. The average Bonchev–Trinajstić information content (AvgIpc) is 2.38. The number of carbonyl (C=O) groups is 1. The van der Waals surface area contributed by atoms with Gasteiger partial charge in [0.1, 0.15) is 0 Å². The topological polar surface area (TPSA) is 17.1 Å². The summed E-state index contributed by atoms with van der Waals surface area (Å²) in [7, 11) is 0. The summed E-state index contributed by atoms with van der Waals surface area (Å²) < 4.78 is 0. The normalized spacial score (nSPS) is 10.2. The molecule has 0 amide bonds. The van der Waals surface area contributed by atoms with Gasteiger partial charge in [-0.25, -0.2) is 0 Å². The van der Waals surface area contributed by atoms with E-state index in [1.54, 1.807) is 0 Å². The monoisotopic (exact) mass is 244 g/mol. The third-order valence-electron chi connectivity index (χ3n) is 2.69. The standard InChI is InChI=1S/C15H13ClO/c1-2-15(17)12-7-5-6-11(10-12)13-8-3-4-9-14(13)16/h3-10H,2H2,1H3. The quantitative estimate of drug-likeness (QED) is 0.721. The molecule has 2 aromatic carbocycles. The molecule has 0 aliphatic rings. The van der Waals surface area contributed by atoms with E-state index in [0.717, 1.165) is 16.7 Å². The maximum absolute atomic E-state index is 11.6. The van der Waals surface area contributed by atoms with Crippen LogP contribution < -0.4 is 0 Å². The molecule has 2 heteroatoms. The molecule has 0 aliphatic carbocycles. The lowest BCUT2D eigenvalue weighted by Gasteiger charge is -2.06. The van der Waals surface area contributed by atoms with E-state index in [0.29, 0.717) is 11.4 Å². The van der Waals surface area contributed by atoms with Gasteiger partial charge in [-0.15, -0.1) is 0 Å². The third kappa shape index (κ3) is 2.56. The fraction of sp³-hybridized carbons (Fsp3) is 0.133. The van der Waals surface area contributed by atoms with E-state index in [4.69, 9.17) is 11.6 Å². The summed E-state index contributed by atoms with van der Waals surface area (Å²) in [4.78, 5) is 11.6. The lowest BCUT2D eigenvalue weighted by atomic mass is 10.0. The molecule has 0 radical (unpaired) electrons. The summed E-state index contributed by atoms with van der Waals surface area (Å²) in [5.41, 5.74) is 2.68. The zero-order valence-electron chi connectivity index (χ0n) is 9.61. The van der Waals surface area contributed by atoms with E-state index in [2.05, 4.69) is 0 Å². The number of benzene rings is 2. The second-order valence-electron chi connectivity index (χ2n) is 3.84. The fourth-order valence-electron chi connectivity index (χ4n) is 1.76. The molecule has 0 bridgehead atoms. The van der Waals surface area contributed by atoms with Crippen LogP contribution in [0.5, 0.6) is 0 Å². The Hall–Kier alpha value is -1.60. The maximum Gasteiger partial charge on any atom is 0.162 e. The smallest absolute Gasteiger partial charge is 0.162 e. The van der Waals surface area contributed by atoms with E-state index >= 15 is 0 Å². The molecule has 0 saturated heterocycles. The van der Waals surface area contributed by atoms with Crippen LogP contribution in [-0.2, 0) is 0 Å². The van der Waals surface area contributed by atoms with E-state index in [-0.39, 0.29) is 5.78 Å². The van der Waals surface area contributed by atoms with Gasteiger partial charge < -0.3 is 0 Å². The van der Waals surface area contributed by atoms with Crippen molar-refractivity contribution >= 4 is 17.4 Å². The predicted octanol–water partition coefficient (Wildman–Crippen LogP) is 4.60. The molecule has 0 N–H and O–H groups in total. The molecule has 0 fully saturated rings. The number of halogens is 1. The molecular formula is C15H13ClO. The van der Waals surface area contributed by atoms with Gasteiger partial charge >= 0.3 is 0 Å². The molecular weight excluding hydrogens is 232 g/mol. The largest absolute Gasteiger partial charge is 0.294 e. The molecule has 0 aromatic heterocycles. The van der Waals surface area contributed by atoms with Crippen molar-refractivity contribution in [3.8, 4) is 11.1 Å². The molecule has 1 nitrogen and oxygen atoms in total. The van der Waals surface area contributed by atoms with Gasteiger partial charge in [-0.3, -0.25) is 4.79 Å². The minimum atomic E-state index is 0.152. The second-order valence-corrected chi connectivity index (χ2v) is 4.24. The van der Waals surface area contributed by atoms with Gasteiger partial charge in [0, 0.05) is 22.6 Å². The molecule has 2 aromatic rings. The Bertz CT molecular complexity index is 546. The average molecular weight is 245 g/mol. The van der Waals surface area contributed by atoms with E-state index in [1.165, 1.54) is 0 Å². The highest BCUT2D eigenvalue weighted by Crippen LogP contribution is 2.28. The molecule has 0 heterocycles. The lowest BCUT2D eigenvalue weighted by Crippen LogP contribution is -1.96. The molecule has 0 unspecified atom stereocenters. The van der Waals surface area contributed by atoms with Crippen LogP contribution in [0.4, 0.5) is 0 Å². The van der Waals surface area contributed by atoms with Crippen LogP contribution in [0.1, 0.15) is 23.7 Å². The van der Waals surface area contributed by atoms with Gasteiger partial charge in [0.25, 0.3) is 0 Å². The summed E-state index contributed by atoms with van der Waals surface area (Å²) >= 11 is 6.14. The van der Waals surface area contributed by atoms with Gasteiger partial charge in [0.2, 0.25) is 0 Å². The highest BCUT2D eigenvalue weighted by atomic mass is 35.5. The zero-order chi connectivity index (χ0) is 12.3. The Morgan fingerprint density at radius 3 is 2.59 bits per heavy atom. The van der Waals surface area contributed by atoms with Crippen LogP contribution in [0.3, 0.4) is 0 Å². The number of rotatable bonds is 3. The summed E-state index contributed by atoms with van der Waals surface area (Å²) in [6.07, 6.45) is 0.520. The van der Waals surface area contributed by atoms with Crippen molar-refractivity contribution in [2.75, 3.05) is 0 Å². The van der Waals surface area contributed by atoms with Gasteiger partial charge in [0.15, 0.2) is 5.78 Å². The number of Topliss-reactive ketones (excluding diaryl/α,β-unsaturated/α-hetero) is 1. The third-order valence-corrected chi connectivity index (χ3v) is 3.02. The van der Waals surface area contributed by atoms with E-state index < -0.39 is 0 Å². The van der Waals surface area contributed by atoms with Crippen molar-refractivity contribution < 1.29 is 4.79 Å². The van der Waals surface area contributed by atoms with Crippen molar-refractivity contribution in [1.82, 2.24) is 0 Å². The first kappa shape index (κ1) is 11.9. The van der Waals surface area contributed by atoms with Gasteiger partial charge in [-0.05, 0) is 17.7 Å². The van der Waals surface area contributed by atoms with Crippen LogP contribution in [0.25, 0.3) is 11.1 Å². The summed E-state index contributed by atoms with van der Waals surface area (Å²) in [5, 5.41) is 0.702. The van der Waals surface area contributed by atoms with Crippen molar-refractivity contribution in [2.45, 2.75) is 13.3 Å². The Kier molecular flexibility index (Phi) is 3.60. The zero-order valence-corrected chi connectivity index (χ0v) is 10.4. The van der Waals surface area contributed by atoms with E-state index in [9.17, 15) is 4.79 Å². The molecule has 0 aliphatic heterocycles. The first-order valence-electron chi connectivity index (χ1n) is 5.60. The van der Waals surface area contributed by atoms with Crippen molar-refractivity contribution in [2.24, 2.45) is 0 Å². The van der Waals surface area contributed by atoms with E-state index in [1.807, 2.05) is 55.5 Å². The predicted molar refractivity (Wildman–Crippen MR) is 71.5 cm³/mol. The summed E-state index contributed by atoms with van der Waals surface area (Å²) in [6.45, 7) is 1.87. The molecule has 0 atom stereocenters. The van der Waals surface area contributed by atoms with Crippen LogP contribution >= 0.6 is 11.6 Å². The van der Waals surface area contributed by atoms with Crippen LogP contribution in [0.2, 0.25) is 5.02 Å². The van der Waals surface area contributed by atoms with Crippen molar-refractivity contribution in [3.05, 3.63) is 59.1 Å². The first-order chi connectivity index (χ1) is 8.22. The Labute approximate surface area is 106 Å². The van der Waals surface area contributed by atoms with Gasteiger partial charge in [-0.2, -0.15) is 0 Å². The number of ketones is 1. The highest BCUT2D eigenvalue weighted by molar-refractivity contribution is 6.33.